The number of benzene rings is 4. The summed E-state index contributed by atoms with van der Waals surface area (Å²) in [7, 11) is 1.46. The standard InChI is InChI=1S/C42H40ClNO5/c1-28(2)29-21-23-31(24-22-29)42(30-13-5-4-6-14-30,38-19-11-12-20-39(38)43)49-40(46)25-32(26-45)44(3)41(47)48-27-37-35-17-9-7-15-33(35)34-16-8-10-18-36(34)37/h4-24,26,28,32-33,35,37H,25,27H2,1-3H3. The molecule has 0 spiro atoms. The number of carbonyl (C=O) groups is 3. The molecule has 4 aromatic carbocycles. The second-order valence-corrected chi connectivity index (χ2v) is 13.4. The number of nitrogens with zero attached hydrogens (tertiary/aromatic N) is 1. The number of allylic oxidation sites excluding steroid dienone is 4. The van der Waals surface area contributed by atoms with Crippen molar-refractivity contribution in [3.8, 4) is 0 Å². The van der Waals surface area contributed by atoms with Crippen LogP contribution < -0.4 is 0 Å². The predicted molar refractivity (Wildman–Crippen MR) is 192 cm³/mol. The highest BCUT2D eigenvalue weighted by Crippen LogP contribution is 2.49. The number of likely N-dealkylation sites (N-methyl/N-ethyl adjacent to an activating group) is 1. The number of amides is 1. The lowest BCUT2D eigenvalue weighted by Gasteiger charge is -2.36. The fraction of sp³-hybridized carbons (Fsp3) is 0.262. The number of aldehydes is 1. The summed E-state index contributed by atoms with van der Waals surface area (Å²) in [6.45, 7) is 4.37. The van der Waals surface area contributed by atoms with E-state index >= 15 is 0 Å². The molecular formula is C42H40ClNO5. The predicted octanol–water partition coefficient (Wildman–Crippen LogP) is 8.95. The highest BCUT2D eigenvalue weighted by Gasteiger charge is 2.43. The molecule has 0 radical (unpaired) electrons. The number of halogens is 1. The summed E-state index contributed by atoms with van der Waals surface area (Å²) in [6.07, 6.45) is 7.92. The van der Waals surface area contributed by atoms with E-state index in [2.05, 4.69) is 38.1 Å². The molecule has 250 valence electrons. The molecule has 49 heavy (non-hydrogen) atoms. The van der Waals surface area contributed by atoms with Crippen LogP contribution in [-0.2, 0) is 24.7 Å². The van der Waals surface area contributed by atoms with Gasteiger partial charge in [0.15, 0.2) is 5.60 Å². The molecule has 7 heteroatoms. The molecule has 1 amide bonds. The first-order valence-corrected chi connectivity index (χ1v) is 17.0. The Kier molecular flexibility index (Phi) is 10.2. The van der Waals surface area contributed by atoms with E-state index in [-0.39, 0.29) is 30.8 Å². The number of carbonyl (C=O) groups excluding carboxylic acids is 3. The van der Waals surface area contributed by atoms with Gasteiger partial charge in [-0.15, -0.1) is 0 Å². The van der Waals surface area contributed by atoms with Gasteiger partial charge in [-0.25, -0.2) is 4.79 Å². The fourth-order valence-corrected chi connectivity index (χ4v) is 7.38. The second kappa shape index (κ2) is 14.7. The first-order chi connectivity index (χ1) is 23.7. The summed E-state index contributed by atoms with van der Waals surface area (Å²) in [4.78, 5) is 41.0. The van der Waals surface area contributed by atoms with Gasteiger partial charge in [-0.05, 0) is 34.6 Å². The zero-order valence-corrected chi connectivity index (χ0v) is 28.6. The van der Waals surface area contributed by atoms with E-state index in [4.69, 9.17) is 21.1 Å². The fourth-order valence-electron chi connectivity index (χ4n) is 7.11. The molecule has 0 saturated heterocycles. The van der Waals surface area contributed by atoms with Gasteiger partial charge in [0.05, 0.1) is 6.42 Å². The Morgan fingerprint density at radius 1 is 0.837 bits per heavy atom. The zero-order valence-electron chi connectivity index (χ0n) is 27.9. The van der Waals surface area contributed by atoms with Crippen molar-refractivity contribution in [1.29, 1.82) is 0 Å². The molecule has 0 N–H and O–H groups in total. The molecule has 0 heterocycles. The van der Waals surface area contributed by atoms with Crippen molar-refractivity contribution >= 4 is 29.9 Å². The second-order valence-electron chi connectivity index (χ2n) is 13.0. The van der Waals surface area contributed by atoms with E-state index in [1.54, 1.807) is 6.07 Å². The van der Waals surface area contributed by atoms with Crippen molar-refractivity contribution in [2.24, 2.45) is 5.92 Å². The maximum absolute atomic E-state index is 14.0. The van der Waals surface area contributed by atoms with Crippen molar-refractivity contribution in [2.75, 3.05) is 13.7 Å². The number of ether oxygens (including phenoxy) is 2. The largest absolute Gasteiger partial charge is 0.449 e. The summed E-state index contributed by atoms with van der Waals surface area (Å²) in [5.41, 5.74) is 4.03. The van der Waals surface area contributed by atoms with Gasteiger partial charge in [0.1, 0.15) is 18.9 Å². The number of rotatable bonds is 11. The maximum Gasteiger partial charge on any atom is 0.410 e. The van der Waals surface area contributed by atoms with Crippen LogP contribution in [0.25, 0.3) is 0 Å². The van der Waals surface area contributed by atoms with Gasteiger partial charge < -0.3 is 19.2 Å². The molecule has 0 saturated carbocycles. The summed E-state index contributed by atoms with van der Waals surface area (Å²) in [5, 5.41) is 0.416. The smallest absolute Gasteiger partial charge is 0.410 e. The van der Waals surface area contributed by atoms with E-state index in [9.17, 15) is 14.4 Å². The van der Waals surface area contributed by atoms with Crippen LogP contribution >= 0.6 is 11.6 Å². The van der Waals surface area contributed by atoms with Crippen molar-refractivity contribution in [1.82, 2.24) is 4.90 Å². The normalized spacial score (nSPS) is 19.3. The highest BCUT2D eigenvalue weighted by atomic mass is 35.5. The van der Waals surface area contributed by atoms with Gasteiger partial charge in [0, 0.05) is 40.6 Å². The van der Waals surface area contributed by atoms with Crippen molar-refractivity contribution in [3.63, 3.8) is 0 Å². The number of hydrogen-bond acceptors (Lipinski definition) is 5. The van der Waals surface area contributed by atoms with E-state index in [1.807, 2.05) is 97.1 Å². The summed E-state index contributed by atoms with van der Waals surface area (Å²) < 4.78 is 12.3. The van der Waals surface area contributed by atoms with Crippen LogP contribution in [0, 0.1) is 5.92 Å². The zero-order chi connectivity index (χ0) is 34.5. The summed E-state index contributed by atoms with van der Waals surface area (Å²) in [5.74, 6) is -0.0104. The molecule has 5 atom stereocenters. The lowest BCUT2D eigenvalue weighted by molar-refractivity contribution is -0.155. The maximum atomic E-state index is 14.0. The quantitative estimate of drug-likeness (QED) is 0.0903. The third kappa shape index (κ3) is 6.70. The lowest BCUT2D eigenvalue weighted by atomic mass is 9.79. The number of esters is 1. The van der Waals surface area contributed by atoms with Crippen LogP contribution in [0.2, 0.25) is 5.02 Å². The topological polar surface area (TPSA) is 72.9 Å². The Balaban J connectivity index is 1.24. The van der Waals surface area contributed by atoms with Gasteiger partial charge >= 0.3 is 12.1 Å². The summed E-state index contributed by atoms with van der Waals surface area (Å²) in [6, 6.07) is 31.7. The Morgan fingerprint density at radius 2 is 1.47 bits per heavy atom. The van der Waals surface area contributed by atoms with E-state index in [0.717, 1.165) is 11.1 Å². The molecular weight excluding hydrogens is 634 g/mol. The van der Waals surface area contributed by atoms with Crippen molar-refractivity contribution in [2.45, 2.75) is 49.7 Å². The van der Waals surface area contributed by atoms with Crippen LogP contribution in [0.15, 0.2) is 127 Å². The van der Waals surface area contributed by atoms with E-state index in [1.165, 1.54) is 17.5 Å². The first-order valence-electron chi connectivity index (χ1n) is 16.7. The minimum absolute atomic E-state index is 0.0245. The number of hydrogen-bond donors (Lipinski definition) is 0. The van der Waals surface area contributed by atoms with Crippen LogP contribution in [0.4, 0.5) is 4.79 Å². The molecule has 0 fully saturated rings. The van der Waals surface area contributed by atoms with Crippen LogP contribution in [0.1, 0.15) is 71.4 Å². The minimum atomic E-state index is -1.44. The van der Waals surface area contributed by atoms with Gasteiger partial charge in [0.25, 0.3) is 0 Å². The molecule has 5 unspecified atom stereocenters. The Hall–Kier alpha value is -4.94. The van der Waals surface area contributed by atoms with Crippen LogP contribution in [-0.4, -0.2) is 42.9 Å². The molecule has 2 aliphatic carbocycles. The third-order valence-corrected chi connectivity index (χ3v) is 10.1. The van der Waals surface area contributed by atoms with Gasteiger partial charge in [0.2, 0.25) is 0 Å². The number of fused-ring (bicyclic) bond motifs is 3. The van der Waals surface area contributed by atoms with E-state index in [0.29, 0.717) is 33.9 Å². The van der Waals surface area contributed by atoms with Crippen LogP contribution in [0.3, 0.4) is 0 Å². The van der Waals surface area contributed by atoms with Gasteiger partial charge in [-0.3, -0.25) is 4.79 Å². The Bertz CT molecular complexity index is 1870. The molecule has 6 rings (SSSR count). The molecule has 6 nitrogen and oxygen atoms in total. The van der Waals surface area contributed by atoms with Gasteiger partial charge in [-0.2, -0.15) is 0 Å². The SMILES string of the molecule is CC(C)c1ccc(C(OC(=O)CC(C=O)N(C)C(=O)OCC2c3ccccc3C3C=CC=CC32)(c2ccccc2)c2ccccc2Cl)cc1. The summed E-state index contributed by atoms with van der Waals surface area (Å²) >= 11 is 6.84. The van der Waals surface area contributed by atoms with E-state index < -0.39 is 23.7 Å². The Labute approximate surface area is 293 Å². The first kappa shape index (κ1) is 33.9. The lowest BCUT2D eigenvalue weighted by Crippen LogP contribution is -2.42. The van der Waals surface area contributed by atoms with Crippen molar-refractivity contribution < 1.29 is 23.9 Å². The Morgan fingerprint density at radius 3 is 2.16 bits per heavy atom. The molecule has 0 bridgehead atoms. The molecule has 4 aromatic rings. The average Bonchev–Trinajstić information content (AvgIpc) is 3.45. The highest BCUT2D eigenvalue weighted by molar-refractivity contribution is 6.31. The minimum Gasteiger partial charge on any atom is -0.449 e. The average molecular weight is 674 g/mol. The third-order valence-electron chi connectivity index (χ3n) is 9.79. The van der Waals surface area contributed by atoms with Gasteiger partial charge in [-0.1, -0.05) is 147 Å². The molecule has 0 aliphatic heterocycles. The molecule has 0 aromatic heterocycles. The van der Waals surface area contributed by atoms with Crippen molar-refractivity contribution in [3.05, 3.63) is 166 Å². The van der Waals surface area contributed by atoms with Crippen LogP contribution in [0.5, 0.6) is 0 Å². The monoisotopic (exact) mass is 673 g/mol. The molecule has 2 aliphatic rings.